The minimum atomic E-state index is 0.559. The zero-order chi connectivity index (χ0) is 17.1. The van der Waals surface area contributed by atoms with Crippen molar-refractivity contribution in [2.75, 3.05) is 28.4 Å². The van der Waals surface area contributed by atoms with Gasteiger partial charge >= 0.3 is 0 Å². The Morgan fingerprint density at radius 2 is 1.54 bits per heavy atom. The topological polar surface area (TPSA) is 49.8 Å². The van der Waals surface area contributed by atoms with E-state index in [1.165, 1.54) is 0 Å². The van der Waals surface area contributed by atoms with E-state index in [0.717, 1.165) is 27.9 Å². The Morgan fingerprint density at radius 1 is 0.750 bits per heavy atom. The number of pyridine rings is 1. The fourth-order valence-corrected chi connectivity index (χ4v) is 2.69. The molecule has 0 aliphatic carbocycles. The summed E-state index contributed by atoms with van der Waals surface area (Å²) in [5.41, 5.74) is 2.59. The number of aromatic nitrogens is 1. The number of nitrogens with zero attached hydrogens (tertiary/aromatic N) is 1. The SMILES string of the molecule is COc1cccc(-c2ccc3c(OC)c(OC)c(OC)cc3n2)c1. The first kappa shape index (κ1) is 15.9. The van der Waals surface area contributed by atoms with E-state index < -0.39 is 0 Å². The average molecular weight is 325 g/mol. The van der Waals surface area contributed by atoms with Gasteiger partial charge in [0.1, 0.15) is 5.75 Å². The Kier molecular flexibility index (Phi) is 4.42. The van der Waals surface area contributed by atoms with E-state index in [2.05, 4.69) is 0 Å². The fraction of sp³-hybridized carbons (Fsp3) is 0.211. The van der Waals surface area contributed by atoms with Gasteiger partial charge < -0.3 is 18.9 Å². The van der Waals surface area contributed by atoms with Crippen molar-refractivity contribution in [1.29, 1.82) is 0 Å². The molecule has 5 nitrogen and oxygen atoms in total. The lowest BCUT2D eigenvalue weighted by Gasteiger charge is -2.15. The van der Waals surface area contributed by atoms with Crippen molar-refractivity contribution in [3.63, 3.8) is 0 Å². The predicted octanol–water partition coefficient (Wildman–Crippen LogP) is 3.94. The Labute approximate surface area is 140 Å². The standard InChI is InChI=1S/C19H19NO4/c1-21-13-7-5-6-12(10-13)15-9-8-14-16(20-15)11-17(22-2)19(24-4)18(14)23-3/h5-11H,1-4H3. The van der Waals surface area contributed by atoms with Gasteiger partial charge in [0, 0.05) is 17.0 Å². The molecule has 124 valence electrons. The monoisotopic (exact) mass is 325 g/mol. The lowest BCUT2D eigenvalue weighted by atomic mass is 10.1. The van der Waals surface area contributed by atoms with E-state index in [9.17, 15) is 0 Å². The predicted molar refractivity (Wildman–Crippen MR) is 93.4 cm³/mol. The fourth-order valence-electron chi connectivity index (χ4n) is 2.69. The molecule has 1 heterocycles. The average Bonchev–Trinajstić information content (AvgIpc) is 2.65. The van der Waals surface area contributed by atoms with Crippen LogP contribution in [0, 0.1) is 0 Å². The van der Waals surface area contributed by atoms with Gasteiger partial charge in [-0.15, -0.1) is 0 Å². The molecule has 0 amide bonds. The summed E-state index contributed by atoms with van der Waals surface area (Å²) in [5.74, 6) is 2.54. The van der Waals surface area contributed by atoms with Gasteiger partial charge in [-0.3, -0.25) is 0 Å². The van der Waals surface area contributed by atoms with Crippen LogP contribution < -0.4 is 18.9 Å². The molecule has 24 heavy (non-hydrogen) atoms. The molecule has 0 unspecified atom stereocenters. The van der Waals surface area contributed by atoms with Crippen molar-refractivity contribution < 1.29 is 18.9 Å². The molecule has 0 saturated heterocycles. The maximum absolute atomic E-state index is 5.51. The number of methoxy groups -OCH3 is 4. The van der Waals surface area contributed by atoms with Crippen molar-refractivity contribution in [2.24, 2.45) is 0 Å². The van der Waals surface area contributed by atoms with Crippen LogP contribution in [0.5, 0.6) is 23.0 Å². The first-order chi connectivity index (χ1) is 11.7. The first-order valence-electron chi connectivity index (χ1n) is 7.46. The van der Waals surface area contributed by atoms with E-state index >= 15 is 0 Å². The van der Waals surface area contributed by atoms with Crippen LogP contribution in [-0.4, -0.2) is 33.4 Å². The first-order valence-corrected chi connectivity index (χ1v) is 7.46. The molecule has 0 atom stereocenters. The largest absolute Gasteiger partial charge is 0.497 e. The Hall–Kier alpha value is -2.95. The summed E-state index contributed by atoms with van der Waals surface area (Å²) in [6, 6.07) is 13.6. The molecule has 0 bridgehead atoms. The molecule has 0 aliphatic rings. The lowest BCUT2D eigenvalue weighted by molar-refractivity contribution is 0.327. The zero-order valence-electron chi connectivity index (χ0n) is 14.1. The Morgan fingerprint density at radius 3 is 2.21 bits per heavy atom. The summed E-state index contributed by atoms with van der Waals surface area (Å²) >= 11 is 0. The normalized spacial score (nSPS) is 10.5. The number of benzene rings is 2. The van der Waals surface area contributed by atoms with Crippen LogP contribution in [0.25, 0.3) is 22.2 Å². The van der Waals surface area contributed by atoms with Gasteiger partial charge in [0.2, 0.25) is 5.75 Å². The maximum atomic E-state index is 5.51. The molecular formula is C19H19NO4. The highest BCUT2D eigenvalue weighted by Gasteiger charge is 2.17. The molecule has 1 aromatic heterocycles. The van der Waals surface area contributed by atoms with Crippen LogP contribution in [0.3, 0.4) is 0 Å². The number of hydrogen-bond acceptors (Lipinski definition) is 5. The number of rotatable bonds is 5. The number of hydrogen-bond donors (Lipinski definition) is 0. The zero-order valence-corrected chi connectivity index (χ0v) is 14.1. The molecule has 0 aliphatic heterocycles. The van der Waals surface area contributed by atoms with Crippen LogP contribution >= 0.6 is 0 Å². The minimum absolute atomic E-state index is 0.559. The molecule has 3 rings (SSSR count). The van der Waals surface area contributed by atoms with Gasteiger partial charge in [0.05, 0.1) is 39.6 Å². The Balaban J connectivity index is 2.20. The smallest absolute Gasteiger partial charge is 0.204 e. The second-order valence-corrected chi connectivity index (χ2v) is 5.14. The van der Waals surface area contributed by atoms with Crippen molar-refractivity contribution in [3.8, 4) is 34.3 Å². The molecule has 0 spiro atoms. The van der Waals surface area contributed by atoms with Crippen LogP contribution in [-0.2, 0) is 0 Å². The van der Waals surface area contributed by atoms with E-state index in [1.807, 2.05) is 42.5 Å². The van der Waals surface area contributed by atoms with Crippen LogP contribution in [0.15, 0.2) is 42.5 Å². The summed E-state index contributed by atoms with van der Waals surface area (Å²) in [5, 5.41) is 0.863. The lowest BCUT2D eigenvalue weighted by Crippen LogP contribution is -1.97. The van der Waals surface area contributed by atoms with Crippen molar-refractivity contribution in [1.82, 2.24) is 4.98 Å². The van der Waals surface area contributed by atoms with E-state index in [4.69, 9.17) is 23.9 Å². The van der Waals surface area contributed by atoms with E-state index in [0.29, 0.717) is 17.2 Å². The number of fused-ring (bicyclic) bond motifs is 1. The highest BCUT2D eigenvalue weighted by molar-refractivity contribution is 5.92. The summed E-state index contributed by atoms with van der Waals surface area (Å²) in [7, 11) is 6.43. The minimum Gasteiger partial charge on any atom is -0.497 e. The summed E-state index contributed by atoms with van der Waals surface area (Å²) in [4.78, 5) is 4.74. The van der Waals surface area contributed by atoms with Crippen molar-refractivity contribution in [3.05, 3.63) is 42.5 Å². The van der Waals surface area contributed by atoms with Crippen molar-refractivity contribution in [2.45, 2.75) is 0 Å². The van der Waals surface area contributed by atoms with Gasteiger partial charge in [0.15, 0.2) is 11.5 Å². The summed E-state index contributed by atoms with van der Waals surface area (Å²) in [6.45, 7) is 0. The van der Waals surface area contributed by atoms with Gasteiger partial charge in [-0.25, -0.2) is 4.98 Å². The number of ether oxygens (including phenoxy) is 4. The third kappa shape index (κ3) is 2.69. The highest BCUT2D eigenvalue weighted by atomic mass is 16.5. The molecule has 0 fully saturated rings. The molecule has 0 N–H and O–H groups in total. The quantitative estimate of drug-likeness (QED) is 0.711. The van der Waals surface area contributed by atoms with Gasteiger partial charge in [-0.2, -0.15) is 0 Å². The van der Waals surface area contributed by atoms with Crippen molar-refractivity contribution >= 4 is 10.9 Å². The molecule has 3 aromatic rings. The molecule has 5 heteroatoms. The van der Waals surface area contributed by atoms with Gasteiger partial charge in [-0.05, 0) is 24.3 Å². The molecule has 0 saturated carbocycles. The second-order valence-electron chi connectivity index (χ2n) is 5.14. The summed E-state index contributed by atoms with van der Waals surface area (Å²) in [6.07, 6.45) is 0. The molecular weight excluding hydrogens is 306 g/mol. The Bertz CT molecular complexity index is 877. The second kappa shape index (κ2) is 6.66. The maximum Gasteiger partial charge on any atom is 0.204 e. The van der Waals surface area contributed by atoms with Gasteiger partial charge in [0.25, 0.3) is 0 Å². The van der Waals surface area contributed by atoms with Crippen LogP contribution in [0.4, 0.5) is 0 Å². The van der Waals surface area contributed by atoms with Crippen LogP contribution in [0.2, 0.25) is 0 Å². The van der Waals surface area contributed by atoms with Gasteiger partial charge in [-0.1, -0.05) is 12.1 Å². The van der Waals surface area contributed by atoms with E-state index in [-0.39, 0.29) is 0 Å². The molecule has 2 aromatic carbocycles. The third-order valence-corrected chi connectivity index (χ3v) is 3.86. The molecule has 0 radical (unpaired) electrons. The van der Waals surface area contributed by atoms with E-state index in [1.54, 1.807) is 28.4 Å². The highest BCUT2D eigenvalue weighted by Crippen LogP contribution is 2.43. The third-order valence-electron chi connectivity index (χ3n) is 3.86. The van der Waals surface area contributed by atoms with Crippen LogP contribution in [0.1, 0.15) is 0 Å². The summed E-state index contributed by atoms with van der Waals surface area (Å²) < 4.78 is 21.6.